The molecule has 1 atom stereocenters. The van der Waals surface area contributed by atoms with Gasteiger partial charge in [0.15, 0.2) is 0 Å². The summed E-state index contributed by atoms with van der Waals surface area (Å²) in [6.07, 6.45) is 5.19. The maximum absolute atomic E-state index is 6.69. The van der Waals surface area contributed by atoms with E-state index < -0.39 is 5.41 Å². The minimum Gasteiger partial charge on any atom is -0.459 e. The first-order valence-electron chi connectivity index (χ1n) is 17.7. The van der Waals surface area contributed by atoms with Crippen LogP contribution in [0.15, 0.2) is 161 Å². The smallest absolute Gasteiger partial charge is 0.235 e. The number of furan rings is 2. The summed E-state index contributed by atoms with van der Waals surface area (Å²) in [7, 11) is 0. The van der Waals surface area contributed by atoms with Crippen molar-refractivity contribution in [2.45, 2.75) is 18.8 Å². The molecule has 4 aromatic heterocycles. The van der Waals surface area contributed by atoms with Crippen molar-refractivity contribution in [2.24, 2.45) is 0 Å². The molecule has 10 aromatic rings. The first kappa shape index (κ1) is 29.1. The minimum atomic E-state index is -0.537. The normalized spacial score (nSPS) is 15.7. The predicted molar refractivity (Wildman–Crippen MR) is 211 cm³/mol. The van der Waals surface area contributed by atoms with Crippen LogP contribution in [0.1, 0.15) is 30.4 Å². The molecular formula is C47H31N3O2. The third-order valence-corrected chi connectivity index (χ3v) is 10.9. The number of allylic oxidation sites excluding steroid dienone is 1. The lowest BCUT2D eigenvalue weighted by molar-refractivity contribution is 0.417. The molecule has 0 fully saturated rings. The van der Waals surface area contributed by atoms with Gasteiger partial charge in [-0.05, 0) is 60.9 Å². The van der Waals surface area contributed by atoms with Gasteiger partial charge in [0, 0.05) is 32.7 Å². The summed E-state index contributed by atoms with van der Waals surface area (Å²) in [4.78, 5) is 10.9. The van der Waals surface area contributed by atoms with Crippen molar-refractivity contribution >= 4 is 60.8 Å². The number of nitrogens with zero attached hydrogens (tertiary/aromatic N) is 3. The average Bonchev–Trinajstić information content (AvgIpc) is 3.88. The van der Waals surface area contributed by atoms with Gasteiger partial charge in [-0.15, -0.1) is 0 Å². The second-order valence-corrected chi connectivity index (χ2v) is 13.9. The molecule has 0 amide bonds. The molecule has 6 aromatic carbocycles. The average molecular weight is 670 g/mol. The SMILES string of the molecule is CC1(c2cc(-c3ccc(-c4ccccc4)cc3)nc(-n3c4ccccc4c4c5oc6ccccc6c5ccc43)n2)CC=Cc2c1oc1ccccc21. The van der Waals surface area contributed by atoms with E-state index in [4.69, 9.17) is 18.8 Å². The summed E-state index contributed by atoms with van der Waals surface area (Å²) in [5, 5.41) is 5.46. The van der Waals surface area contributed by atoms with Gasteiger partial charge in [0.05, 0.1) is 33.2 Å². The minimum absolute atomic E-state index is 0.537. The van der Waals surface area contributed by atoms with E-state index in [9.17, 15) is 0 Å². The van der Waals surface area contributed by atoms with Crippen LogP contribution in [0.25, 0.3) is 89.1 Å². The van der Waals surface area contributed by atoms with Crippen molar-refractivity contribution in [3.63, 3.8) is 0 Å². The molecule has 0 radical (unpaired) electrons. The first-order chi connectivity index (χ1) is 25.6. The highest BCUT2D eigenvalue weighted by atomic mass is 16.3. The Balaban J connectivity index is 1.18. The number of benzene rings is 6. The molecule has 0 bridgehead atoms. The third kappa shape index (κ3) is 4.17. The van der Waals surface area contributed by atoms with E-state index in [0.29, 0.717) is 5.95 Å². The first-order valence-corrected chi connectivity index (χ1v) is 17.7. The molecule has 0 aliphatic heterocycles. The zero-order valence-corrected chi connectivity index (χ0v) is 28.4. The van der Waals surface area contributed by atoms with Crippen LogP contribution in [0.2, 0.25) is 0 Å². The summed E-state index contributed by atoms with van der Waals surface area (Å²) in [5.41, 5.74) is 10.3. The Labute approximate surface area is 299 Å². The molecular weight excluding hydrogens is 639 g/mol. The van der Waals surface area contributed by atoms with Gasteiger partial charge in [-0.1, -0.05) is 121 Å². The topological polar surface area (TPSA) is 57.0 Å². The summed E-state index contributed by atoms with van der Waals surface area (Å²) in [6.45, 7) is 2.25. The molecule has 5 nitrogen and oxygen atoms in total. The molecule has 11 rings (SSSR count). The quantitative estimate of drug-likeness (QED) is 0.187. The standard InChI is InChI=1S/C47H31N3O2/c1-47(27-11-17-35-33-15-7-10-20-41(33)52-45(35)47)42-28-37(31-23-21-30(22-24-31)29-12-3-2-4-13-29)48-46(49-42)50-38-18-8-5-16-36(38)43-39(50)26-25-34-32-14-6-9-19-40(32)51-44(34)43/h2-26,28H,27H2,1H3. The predicted octanol–water partition coefficient (Wildman–Crippen LogP) is 12.3. The largest absolute Gasteiger partial charge is 0.459 e. The second kappa shape index (κ2) is 10.9. The van der Waals surface area contributed by atoms with Crippen LogP contribution in [0.4, 0.5) is 0 Å². The van der Waals surface area contributed by atoms with E-state index in [1.165, 1.54) is 5.56 Å². The third-order valence-electron chi connectivity index (χ3n) is 10.9. The Morgan fingerprint density at radius 3 is 2.08 bits per heavy atom. The Kier molecular flexibility index (Phi) is 6.08. The highest BCUT2D eigenvalue weighted by Gasteiger charge is 2.39. The molecule has 52 heavy (non-hydrogen) atoms. The fraction of sp³-hybridized carbons (Fsp3) is 0.0638. The summed E-state index contributed by atoms with van der Waals surface area (Å²) in [6, 6.07) is 50.7. The maximum atomic E-state index is 6.69. The van der Waals surface area contributed by atoms with Crippen molar-refractivity contribution in [3.8, 4) is 28.3 Å². The van der Waals surface area contributed by atoms with Crippen LogP contribution < -0.4 is 0 Å². The molecule has 0 spiro atoms. The molecule has 1 unspecified atom stereocenters. The number of hydrogen-bond donors (Lipinski definition) is 0. The molecule has 246 valence electrons. The van der Waals surface area contributed by atoms with Crippen molar-refractivity contribution in [1.82, 2.24) is 14.5 Å². The number of para-hydroxylation sites is 3. The molecule has 0 saturated carbocycles. The molecule has 5 heteroatoms. The van der Waals surface area contributed by atoms with Gasteiger partial charge >= 0.3 is 0 Å². The van der Waals surface area contributed by atoms with E-state index in [-0.39, 0.29) is 0 Å². The van der Waals surface area contributed by atoms with Gasteiger partial charge in [-0.2, -0.15) is 0 Å². The number of aromatic nitrogens is 3. The van der Waals surface area contributed by atoms with Gasteiger partial charge in [-0.3, -0.25) is 4.57 Å². The van der Waals surface area contributed by atoms with Gasteiger partial charge in [-0.25, -0.2) is 9.97 Å². The lowest BCUT2D eigenvalue weighted by atomic mass is 9.75. The Hall–Kier alpha value is -6.72. The molecule has 1 aliphatic rings. The highest BCUT2D eigenvalue weighted by molar-refractivity contribution is 6.23. The monoisotopic (exact) mass is 669 g/mol. The second-order valence-electron chi connectivity index (χ2n) is 13.9. The number of rotatable bonds is 4. The van der Waals surface area contributed by atoms with Crippen LogP contribution in [0.3, 0.4) is 0 Å². The van der Waals surface area contributed by atoms with Crippen LogP contribution in [-0.2, 0) is 5.41 Å². The molecule has 0 N–H and O–H groups in total. The summed E-state index contributed by atoms with van der Waals surface area (Å²) >= 11 is 0. The summed E-state index contributed by atoms with van der Waals surface area (Å²) < 4.78 is 15.5. The van der Waals surface area contributed by atoms with E-state index in [1.54, 1.807) is 0 Å². The van der Waals surface area contributed by atoms with E-state index in [0.717, 1.165) is 95.0 Å². The molecule has 1 aliphatic carbocycles. The Morgan fingerprint density at radius 2 is 1.25 bits per heavy atom. The van der Waals surface area contributed by atoms with E-state index in [1.807, 2.05) is 30.3 Å². The number of fused-ring (bicyclic) bond motifs is 10. The molecule has 4 heterocycles. The van der Waals surface area contributed by atoms with Crippen molar-refractivity contribution in [2.75, 3.05) is 0 Å². The number of hydrogen-bond acceptors (Lipinski definition) is 4. The summed E-state index contributed by atoms with van der Waals surface area (Å²) in [5.74, 6) is 1.53. The van der Waals surface area contributed by atoms with Crippen LogP contribution in [0.5, 0.6) is 0 Å². The van der Waals surface area contributed by atoms with E-state index >= 15 is 0 Å². The van der Waals surface area contributed by atoms with Crippen molar-refractivity contribution < 1.29 is 8.83 Å². The van der Waals surface area contributed by atoms with Gasteiger partial charge < -0.3 is 8.83 Å². The Morgan fingerprint density at radius 1 is 0.577 bits per heavy atom. The zero-order chi connectivity index (χ0) is 34.4. The lowest BCUT2D eigenvalue weighted by Crippen LogP contribution is -2.27. The zero-order valence-electron chi connectivity index (χ0n) is 28.4. The van der Waals surface area contributed by atoms with Crippen LogP contribution >= 0.6 is 0 Å². The Bertz CT molecular complexity index is 3050. The van der Waals surface area contributed by atoms with Gasteiger partial charge in [0.2, 0.25) is 5.95 Å². The van der Waals surface area contributed by atoms with Crippen molar-refractivity contribution in [1.29, 1.82) is 0 Å². The van der Waals surface area contributed by atoms with Crippen LogP contribution in [0, 0.1) is 0 Å². The lowest BCUT2D eigenvalue weighted by Gasteiger charge is -2.30. The van der Waals surface area contributed by atoms with Gasteiger partial charge in [0.25, 0.3) is 0 Å². The fourth-order valence-electron chi connectivity index (χ4n) is 8.25. The molecule has 0 saturated heterocycles. The highest BCUT2D eigenvalue weighted by Crippen LogP contribution is 2.46. The van der Waals surface area contributed by atoms with E-state index in [2.05, 4.69) is 139 Å². The van der Waals surface area contributed by atoms with Crippen LogP contribution in [-0.4, -0.2) is 14.5 Å². The fourth-order valence-corrected chi connectivity index (χ4v) is 8.25. The van der Waals surface area contributed by atoms with Crippen molar-refractivity contribution in [3.05, 3.63) is 169 Å². The van der Waals surface area contributed by atoms with Gasteiger partial charge in [0.1, 0.15) is 22.5 Å². The maximum Gasteiger partial charge on any atom is 0.235 e.